The molecule has 0 unspecified atom stereocenters. The van der Waals surface area contributed by atoms with Crippen LogP contribution in [0.5, 0.6) is 0 Å². The lowest BCUT2D eigenvalue weighted by molar-refractivity contribution is -0.126. The summed E-state index contributed by atoms with van der Waals surface area (Å²) in [6.07, 6.45) is 7.34. The molecular formula is C16H19N3O3S2. The van der Waals surface area contributed by atoms with Crippen LogP contribution >= 0.6 is 11.3 Å². The SMILES string of the molecule is Cn1ccnc1S(=O)(=O)C1CCN(C(=O)C=Cc2cccs2)CC1. The molecule has 24 heavy (non-hydrogen) atoms. The van der Waals surface area contributed by atoms with Crippen molar-refractivity contribution in [2.75, 3.05) is 13.1 Å². The van der Waals surface area contributed by atoms with Crippen LogP contribution in [-0.2, 0) is 21.7 Å². The Morgan fingerprint density at radius 2 is 2.12 bits per heavy atom. The number of imidazole rings is 1. The average Bonchev–Trinajstić information content (AvgIpc) is 3.24. The zero-order valence-corrected chi connectivity index (χ0v) is 15.0. The largest absolute Gasteiger partial charge is 0.339 e. The fourth-order valence-corrected chi connectivity index (χ4v) is 5.22. The van der Waals surface area contributed by atoms with E-state index in [1.807, 2.05) is 17.5 Å². The first kappa shape index (κ1) is 16.9. The van der Waals surface area contributed by atoms with E-state index in [-0.39, 0.29) is 11.1 Å². The Morgan fingerprint density at radius 3 is 2.71 bits per heavy atom. The van der Waals surface area contributed by atoms with Gasteiger partial charge in [-0.15, -0.1) is 11.3 Å². The molecule has 0 bridgehead atoms. The first-order valence-corrected chi connectivity index (χ1v) is 10.1. The zero-order valence-electron chi connectivity index (χ0n) is 13.3. The van der Waals surface area contributed by atoms with Gasteiger partial charge in [0.15, 0.2) is 0 Å². The molecule has 0 spiro atoms. The Hall–Kier alpha value is -1.93. The monoisotopic (exact) mass is 365 g/mol. The van der Waals surface area contributed by atoms with E-state index in [1.54, 1.807) is 41.6 Å². The van der Waals surface area contributed by atoms with Crippen molar-refractivity contribution in [1.82, 2.24) is 14.5 Å². The zero-order chi connectivity index (χ0) is 17.2. The predicted molar refractivity (Wildman–Crippen MR) is 93.3 cm³/mol. The van der Waals surface area contributed by atoms with Gasteiger partial charge in [-0.25, -0.2) is 13.4 Å². The molecule has 0 atom stereocenters. The summed E-state index contributed by atoms with van der Waals surface area (Å²) in [6, 6.07) is 3.88. The summed E-state index contributed by atoms with van der Waals surface area (Å²) in [5, 5.41) is 1.58. The van der Waals surface area contributed by atoms with Gasteiger partial charge in [0.25, 0.3) is 0 Å². The number of thiophene rings is 1. The normalized spacial score (nSPS) is 16.8. The second kappa shape index (κ2) is 6.90. The summed E-state index contributed by atoms with van der Waals surface area (Å²) in [6.45, 7) is 0.893. The van der Waals surface area contributed by atoms with Gasteiger partial charge < -0.3 is 9.47 Å². The van der Waals surface area contributed by atoms with Crippen molar-refractivity contribution in [2.45, 2.75) is 23.2 Å². The molecular weight excluding hydrogens is 346 g/mol. The minimum Gasteiger partial charge on any atom is -0.339 e. The number of carbonyl (C=O) groups excluding carboxylic acids is 1. The van der Waals surface area contributed by atoms with Gasteiger partial charge in [-0.2, -0.15) is 0 Å². The van der Waals surface area contributed by atoms with E-state index in [2.05, 4.69) is 4.98 Å². The average molecular weight is 365 g/mol. The number of rotatable bonds is 4. The standard InChI is InChI=1S/C16H19N3O3S2/c1-18-11-8-17-16(18)24(21,22)14-6-9-19(10-7-14)15(20)5-4-13-3-2-12-23-13/h2-5,8,11-12,14H,6-7,9-10H2,1H3. The maximum Gasteiger partial charge on any atom is 0.246 e. The quantitative estimate of drug-likeness (QED) is 0.777. The van der Waals surface area contributed by atoms with Crippen molar-refractivity contribution < 1.29 is 13.2 Å². The van der Waals surface area contributed by atoms with Crippen LogP contribution in [0.25, 0.3) is 6.08 Å². The third-order valence-corrected chi connectivity index (χ3v) is 7.25. The summed E-state index contributed by atoms with van der Waals surface area (Å²) in [7, 11) is -1.77. The maximum absolute atomic E-state index is 12.6. The number of carbonyl (C=O) groups is 1. The Labute approximate surface area is 145 Å². The van der Waals surface area contributed by atoms with E-state index in [4.69, 9.17) is 0 Å². The summed E-state index contributed by atoms with van der Waals surface area (Å²) < 4.78 is 26.8. The first-order valence-electron chi connectivity index (χ1n) is 7.70. The Kier molecular flexibility index (Phi) is 4.86. The van der Waals surface area contributed by atoms with E-state index in [1.165, 1.54) is 10.8 Å². The number of aromatic nitrogens is 2. The van der Waals surface area contributed by atoms with E-state index in [0.717, 1.165) is 4.88 Å². The molecule has 2 aromatic heterocycles. The molecule has 128 valence electrons. The van der Waals surface area contributed by atoms with Gasteiger partial charge in [0.05, 0.1) is 5.25 Å². The van der Waals surface area contributed by atoms with Crippen LogP contribution in [0.4, 0.5) is 0 Å². The molecule has 0 aromatic carbocycles. The van der Waals surface area contributed by atoms with Crippen LogP contribution in [0.2, 0.25) is 0 Å². The lowest BCUT2D eigenvalue weighted by atomic mass is 10.1. The van der Waals surface area contributed by atoms with Gasteiger partial charge in [-0.1, -0.05) is 6.07 Å². The third-order valence-electron chi connectivity index (χ3n) is 4.16. The number of hydrogen-bond donors (Lipinski definition) is 0. The highest BCUT2D eigenvalue weighted by molar-refractivity contribution is 7.91. The van der Waals surface area contributed by atoms with Crippen LogP contribution in [0.3, 0.4) is 0 Å². The number of aryl methyl sites for hydroxylation is 1. The van der Waals surface area contributed by atoms with Crippen LogP contribution in [0.1, 0.15) is 17.7 Å². The summed E-state index contributed by atoms with van der Waals surface area (Å²) in [5.74, 6) is -0.0729. The van der Waals surface area contributed by atoms with Crippen molar-refractivity contribution >= 4 is 33.2 Å². The number of amides is 1. The van der Waals surface area contributed by atoms with Crippen LogP contribution in [0, 0.1) is 0 Å². The molecule has 0 saturated carbocycles. The van der Waals surface area contributed by atoms with Gasteiger partial charge in [0.1, 0.15) is 0 Å². The lowest BCUT2D eigenvalue weighted by Crippen LogP contribution is -2.42. The second-order valence-corrected chi connectivity index (χ2v) is 8.84. The molecule has 0 radical (unpaired) electrons. The number of sulfone groups is 1. The topological polar surface area (TPSA) is 72.3 Å². The van der Waals surface area contributed by atoms with Crippen LogP contribution < -0.4 is 0 Å². The molecule has 3 rings (SSSR count). The molecule has 1 saturated heterocycles. The molecule has 3 heterocycles. The molecule has 1 aliphatic rings. The smallest absolute Gasteiger partial charge is 0.246 e. The summed E-state index contributed by atoms with van der Waals surface area (Å²) >= 11 is 1.57. The first-order chi connectivity index (χ1) is 11.5. The van der Waals surface area contributed by atoms with Crippen LogP contribution in [0.15, 0.2) is 41.1 Å². The van der Waals surface area contributed by atoms with Crippen LogP contribution in [-0.4, -0.2) is 47.1 Å². The van der Waals surface area contributed by atoms with E-state index >= 15 is 0 Å². The predicted octanol–water partition coefficient (Wildman–Crippen LogP) is 1.96. The number of likely N-dealkylation sites (tertiary alicyclic amines) is 1. The van der Waals surface area contributed by atoms with Crippen molar-refractivity contribution in [3.63, 3.8) is 0 Å². The highest BCUT2D eigenvalue weighted by atomic mass is 32.2. The van der Waals surface area contributed by atoms with Gasteiger partial charge in [-0.05, 0) is 30.4 Å². The third kappa shape index (κ3) is 3.44. The Balaban J connectivity index is 1.61. The highest BCUT2D eigenvalue weighted by Gasteiger charge is 2.34. The van der Waals surface area contributed by atoms with E-state index in [0.29, 0.717) is 25.9 Å². The minimum absolute atomic E-state index is 0.0729. The molecule has 8 heteroatoms. The number of hydrogen-bond acceptors (Lipinski definition) is 5. The molecule has 1 fully saturated rings. The van der Waals surface area contributed by atoms with E-state index in [9.17, 15) is 13.2 Å². The van der Waals surface area contributed by atoms with Crippen molar-refractivity contribution in [1.29, 1.82) is 0 Å². The van der Waals surface area contributed by atoms with E-state index < -0.39 is 15.1 Å². The molecule has 1 aliphatic heterocycles. The Bertz CT molecular complexity index is 830. The molecule has 0 N–H and O–H groups in total. The second-order valence-electron chi connectivity index (χ2n) is 5.74. The Morgan fingerprint density at radius 1 is 1.38 bits per heavy atom. The highest BCUT2D eigenvalue weighted by Crippen LogP contribution is 2.23. The number of piperidine rings is 1. The fourth-order valence-electron chi connectivity index (χ4n) is 2.81. The molecule has 1 amide bonds. The summed E-state index contributed by atoms with van der Waals surface area (Å²) in [5.41, 5.74) is 0. The number of nitrogens with zero attached hydrogens (tertiary/aromatic N) is 3. The van der Waals surface area contributed by atoms with Gasteiger partial charge in [-0.3, -0.25) is 4.79 Å². The van der Waals surface area contributed by atoms with Crippen molar-refractivity contribution in [2.24, 2.45) is 7.05 Å². The molecule has 2 aromatic rings. The minimum atomic E-state index is -3.45. The fraction of sp³-hybridized carbons (Fsp3) is 0.375. The maximum atomic E-state index is 12.6. The van der Waals surface area contributed by atoms with Crippen molar-refractivity contribution in [3.8, 4) is 0 Å². The van der Waals surface area contributed by atoms with Gasteiger partial charge in [0.2, 0.25) is 20.9 Å². The van der Waals surface area contributed by atoms with Gasteiger partial charge in [0, 0.05) is 43.5 Å². The summed E-state index contributed by atoms with van der Waals surface area (Å²) in [4.78, 5) is 18.9. The molecule has 6 nitrogen and oxygen atoms in total. The molecule has 0 aliphatic carbocycles. The van der Waals surface area contributed by atoms with Crippen molar-refractivity contribution in [3.05, 3.63) is 40.9 Å². The van der Waals surface area contributed by atoms with Gasteiger partial charge >= 0.3 is 0 Å². The lowest BCUT2D eigenvalue weighted by Gasteiger charge is -2.30.